The molecule has 0 aliphatic carbocycles. The number of benzene rings is 2. The number of fused-ring (bicyclic) bond motifs is 5. The molecule has 1 aromatic heterocycles. The molecular weight excluding hydrogens is 430 g/mol. The van der Waals surface area contributed by atoms with Crippen LogP contribution in [0.4, 0.5) is 5.69 Å². The van der Waals surface area contributed by atoms with Gasteiger partial charge in [-0.05, 0) is 51.3 Å². The molecule has 5 rings (SSSR count). The van der Waals surface area contributed by atoms with Crippen LogP contribution in [0.3, 0.4) is 0 Å². The summed E-state index contributed by atoms with van der Waals surface area (Å²) in [5.41, 5.74) is -0.348. The molecule has 3 heterocycles. The highest BCUT2D eigenvalue weighted by molar-refractivity contribution is 6.31. The number of halogens is 1. The van der Waals surface area contributed by atoms with Crippen molar-refractivity contribution in [1.82, 2.24) is 9.80 Å². The predicted octanol–water partition coefficient (Wildman–Crippen LogP) is 3.07. The maximum atomic E-state index is 13.9. The van der Waals surface area contributed by atoms with Gasteiger partial charge in [-0.25, -0.2) is 0 Å². The molecule has 1 unspecified atom stereocenters. The van der Waals surface area contributed by atoms with Gasteiger partial charge in [-0.15, -0.1) is 0 Å². The summed E-state index contributed by atoms with van der Waals surface area (Å²) < 4.78 is 5.96. The van der Waals surface area contributed by atoms with Gasteiger partial charge in [-0.2, -0.15) is 0 Å². The first kappa shape index (κ1) is 20.7. The highest BCUT2D eigenvalue weighted by Gasteiger charge is 2.64. The minimum absolute atomic E-state index is 0.0731. The van der Waals surface area contributed by atoms with E-state index in [2.05, 4.69) is 0 Å². The Labute approximate surface area is 189 Å². The highest BCUT2D eigenvalue weighted by atomic mass is 35.5. The molecule has 3 aromatic rings. The molecule has 0 N–H and O–H groups in total. The fourth-order valence-electron chi connectivity index (χ4n) is 4.91. The molecular formula is C24H22ClN3O4. The van der Waals surface area contributed by atoms with Crippen LogP contribution in [0.5, 0.6) is 0 Å². The van der Waals surface area contributed by atoms with E-state index in [9.17, 15) is 14.4 Å². The summed E-state index contributed by atoms with van der Waals surface area (Å²) in [6.45, 7) is 1.02. The van der Waals surface area contributed by atoms with Gasteiger partial charge in [0.05, 0.1) is 10.9 Å². The van der Waals surface area contributed by atoms with Crippen molar-refractivity contribution in [3.63, 3.8) is 0 Å². The lowest BCUT2D eigenvalue weighted by atomic mass is 9.84. The number of nitrogens with zero attached hydrogens (tertiary/aromatic N) is 3. The van der Waals surface area contributed by atoms with Crippen LogP contribution in [0.15, 0.2) is 51.7 Å². The van der Waals surface area contributed by atoms with Crippen molar-refractivity contribution in [3.8, 4) is 0 Å². The molecule has 1 atom stereocenters. The maximum Gasteiger partial charge on any atom is 0.291 e. The molecule has 2 aliphatic heterocycles. The number of hydrogen-bond donors (Lipinski definition) is 0. The first-order chi connectivity index (χ1) is 15.3. The minimum atomic E-state index is -1.55. The van der Waals surface area contributed by atoms with Gasteiger partial charge in [0.15, 0.2) is 11.0 Å². The van der Waals surface area contributed by atoms with E-state index in [0.717, 1.165) is 6.54 Å². The van der Waals surface area contributed by atoms with Crippen molar-refractivity contribution >= 4 is 40.1 Å². The summed E-state index contributed by atoms with van der Waals surface area (Å²) in [7, 11) is 5.55. The first-order valence-corrected chi connectivity index (χ1v) is 10.8. The standard InChI is InChI=1S/C24H22ClN3O4/c1-26(2)11-6-12-28-22(30)21-19(20(29)15-13-14(25)9-10-18(15)32-21)24(28)16-7-4-5-8-17(16)27(3)23(24)31/h4-5,7-10,13H,6,11-12H2,1-3H3. The average Bonchev–Trinajstić information content (AvgIpc) is 3.14. The molecule has 8 heteroatoms. The lowest BCUT2D eigenvalue weighted by Gasteiger charge is -2.34. The Balaban J connectivity index is 1.84. The molecule has 2 aromatic carbocycles. The number of rotatable bonds is 4. The van der Waals surface area contributed by atoms with E-state index in [1.54, 1.807) is 25.2 Å². The Kier molecular flexibility index (Phi) is 4.65. The lowest BCUT2D eigenvalue weighted by Crippen LogP contribution is -2.53. The van der Waals surface area contributed by atoms with Gasteiger partial charge in [0.2, 0.25) is 5.76 Å². The Morgan fingerprint density at radius 2 is 1.84 bits per heavy atom. The van der Waals surface area contributed by atoms with Gasteiger partial charge in [-0.3, -0.25) is 14.4 Å². The van der Waals surface area contributed by atoms with E-state index in [1.165, 1.54) is 15.9 Å². The number of hydrogen-bond acceptors (Lipinski definition) is 5. The van der Waals surface area contributed by atoms with Crippen LogP contribution < -0.4 is 10.3 Å². The van der Waals surface area contributed by atoms with Crippen LogP contribution in [0.1, 0.15) is 28.1 Å². The molecule has 32 heavy (non-hydrogen) atoms. The van der Waals surface area contributed by atoms with Gasteiger partial charge in [0, 0.05) is 29.9 Å². The van der Waals surface area contributed by atoms with Gasteiger partial charge in [0.1, 0.15) is 5.58 Å². The van der Waals surface area contributed by atoms with Gasteiger partial charge < -0.3 is 19.1 Å². The second-order valence-electron chi connectivity index (χ2n) is 8.48. The third kappa shape index (κ3) is 2.61. The Hall–Kier alpha value is -3.16. The number of likely N-dealkylation sites (N-methyl/N-ethyl adjacent to an activating group) is 1. The third-order valence-electron chi connectivity index (χ3n) is 6.31. The number of amides is 2. The van der Waals surface area contributed by atoms with Crippen LogP contribution >= 0.6 is 11.6 Å². The zero-order valence-electron chi connectivity index (χ0n) is 18.0. The topological polar surface area (TPSA) is 74.1 Å². The largest absolute Gasteiger partial charge is 0.450 e. The Morgan fingerprint density at radius 1 is 1.09 bits per heavy atom. The summed E-state index contributed by atoms with van der Waals surface area (Å²) >= 11 is 6.14. The predicted molar refractivity (Wildman–Crippen MR) is 122 cm³/mol. The molecule has 0 bridgehead atoms. The van der Waals surface area contributed by atoms with Gasteiger partial charge >= 0.3 is 0 Å². The van der Waals surface area contributed by atoms with E-state index in [-0.39, 0.29) is 28.2 Å². The van der Waals surface area contributed by atoms with Crippen molar-refractivity contribution in [3.05, 3.63) is 74.6 Å². The fourth-order valence-corrected chi connectivity index (χ4v) is 5.08. The zero-order valence-corrected chi connectivity index (χ0v) is 18.8. The van der Waals surface area contributed by atoms with Crippen molar-refractivity contribution in [2.24, 2.45) is 0 Å². The SMILES string of the molecule is CN(C)CCCN1C(=O)c2oc3ccc(Cl)cc3c(=O)c2C12C(=O)N(C)c1ccccc12. The monoisotopic (exact) mass is 451 g/mol. The second-order valence-corrected chi connectivity index (χ2v) is 8.92. The first-order valence-electron chi connectivity index (χ1n) is 10.4. The lowest BCUT2D eigenvalue weighted by molar-refractivity contribution is -0.125. The number of para-hydroxylation sites is 1. The molecule has 0 saturated carbocycles. The highest BCUT2D eigenvalue weighted by Crippen LogP contribution is 2.52. The smallest absolute Gasteiger partial charge is 0.291 e. The minimum Gasteiger partial charge on any atom is -0.450 e. The summed E-state index contributed by atoms with van der Waals surface area (Å²) in [5, 5.41) is 0.625. The van der Waals surface area contributed by atoms with Gasteiger partial charge in [0.25, 0.3) is 11.8 Å². The molecule has 0 fully saturated rings. The van der Waals surface area contributed by atoms with E-state index in [4.69, 9.17) is 16.0 Å². The third-order valence-corrected chi connectivity index (χ3v) is 6.55. The van der Waals surface area contributed by atoms with E-state index in [1.807, 2.05) is 37.2 Å². The average molecular weight is 452 g/mol. The molecule has 1 spiro atoms. The van der Waals surface area contributed by atoms with Crippen LogP contribution in [0.2, 0.25) is 5.02 Å². The van der Waals surface area contributed by atoms with E-state index >= 15 is 0 Å². The van der Waals surface area contributed by atoms with Crippen molar-refractivity contribution < 1.29 is 14.0 Å². The number of carbonyl (C=O) groups excluding carboxylic acids is 2. The molecule has 2 aliphatic rings. The molecule has 7 nitrogen and oxygen atoms in total. The summed E-state index contributed by atoms with van der Waals surface area (Å²) in [5.74, 6) is -0.872. The number of carbonyl (C=O) groups is 2. The van der Waals surface area contributed by atoms with Crippen molar-refractivity contribution in [2.75, 3.05) is 39.1 Å². The van der Waals surface area contributed by atoms with Crippen LogP contribution in [0, 0.1) is 0 Å². The zero-order chi connectivity index (χ0) is 22.8. The van der Waals surface area contributed by atoms with E-state index in [0.29, 0.717) is 29.2 Å². The second kappa shape index (κ2) is 7.18. The Bertz CT molecular complexity index is 1350. The summed E-state index contributed by atoms with van der Waals surface area (Å²) in [6.07, 6.45) is 0.632. The summed E-state index contributed by atoms with van der Waals surface area (Å²) in [4.78, 5) is 46.3. The van der Waals surface area contributed by atoms with Crippen molar-refractivity contribution in [2.45, 2.75) is 12.0 Å². The van der Waals surface area contributed by atoms with Crippen LogP contribution in [-0.2, 0) is 10.3 Å². The summed E-state index contributed by atoms with van der Waals surface area (Å²) in [6, 6.07) is 12.0. The number of anilines is 1. The van der Waals surface area contributed by atoms with Crippen LogP contribution in [0.25, 0.3) is 11.0 Å². The molecule has 2 amide bonds. The molecule has 0 saturated heterocycles. The molecule has 164 valence electrons. The Morgan fingerprint density at radius 3 is 2.59 bits per heavy atom. The normalized spacial score (nSPS) is 19.5. The quantitative estimate of drug-likeness (QED) is 0.609. The maximum absolute atomic E-state index is 13.9. The van der Waals surface area contributed by atoms with Crippen molar-refractivity contribution in [1.29, 1.82) is 0 Å². The van der Waals surface area contributed by atoms with E-state index < -0.39 is 16.9 Å². The van der Waals surface area contributed by atoms with Gasteiger partial charge in [-0.1, -0.05) is 29.8 Å². The van der Waals surface area contributed by atoms with Crippen LogP contribution in [-0.4, -0.2) is 55.8 Å². The fraction of sp³-hybridized carbons (Fsp3) is 0.292. The molecule has 0 radical (unpaired) electrons.